The first-order valence-corrected chi connectivity index (χ1v) is 12.1. The molecule has 5 rings (SSSR count). The van der Waals surface area contributed by atoms with Gasteiger partial charge in [0, 0.05) is 37.0 Å². The van der Waals surface area contributed by atoms with Crippen LogP contribution in [0.3, 0.4) is 0 Å². The van der Waals surface area contributed by atoms with Gasteiger partial charge in [-0.3, -0.25) is 4.79 Å². The maximum absolute atomic E-state index is 12.5. The van der Waals surface area contributed by atoms with Crippen LogP contribution in [-0.4, -0.2) is 60.7 Å². The van der Waals surface area contributed by atoms with Crippen molar-refractivity contribution in [3.05, 3.63) is 58.8 Å². The highest BCUT2D eigenvalue weighted by Gasteiger charge is 2.27. The number of fused-ring (bicyclic) bond motifs is 2. The van der Waals surface area contributed by atoms with E-state index in [1.54, 1.807) is 4.90 Å². The Kier molecular flexibility index (Phi) is 6.11. The number of aromatic nitrogens is 1. The Bertz CT molecular complexity index is 1150. The fourth-order valence-corrected chi connectivity index (χ4v) is 5.30. The van der Waals surface area contributed by atoms with Gasteiger partial charge in [0.25, 0.3) is 5.91 Å². The summed E-state index contributed by atoms with van der Waals surface area (Å²) in [5, 5.41) is 5.56. The molecule has 3 heterocycles. The van der Waals surface area contributed by atoms with Gasteiger partial charge in [0.05, 0.1) is 12.3 Å². The smallest absolute Gasteiger partial charge is 0.254 e. The first-order valence-electron chi connectivity index (χ1n) is 12.1. The van der Waals surface area contributed by atoms with Crippen LogP contribution in [0.4, 0.5) is 0 Å². The van der Waals surface area contributed by atoms with Gasteiger partial charge in [0.2, 0.25) is 0 Å². The minimum Gasteiger partial charge on any atom is -0.494 e. The average molecular weight is 448 g/mol. The zero-order valence-corrected chi connectivity index (χ0v) is 19.8. The first-order chi connectivity index (χ1) is 16.0. The summed E-state index contributed by atoms with van der Waals surface area (Å²) in [6.07, 6.45) is 3.18. The SMILES string of the molecule is Cc1ccc2c(C3CCN(CCCOc4ccc5c(c4)C(=O)N(C)CC5C)CC3)noc2c1. The maximum atomic E-state index is 12.5. The number of ether oxygens (including phenoxy) is 1. The van der Waals surface area contributed by atoms with Crippen molar-refractivity contribution in [1.29, 1.82) is 0 Å². The van der Waals surface area contributed by atoms with Crippen LogP contribution in [0.2, 0.25) is 0 Å². The van der Waals surface area contributed by atoms with Crippen LogP contribution in [0.1, 0.15) is 65.2 Å². The first kappa shape index (κ1) is 22.0. The van der Waals surface area contributed by atoms with Crippen molar-refractivity contribution in [3.63, 3.8) is 0 Å². The minimum absolute atomic E-state index is 0.0893. The van der Waals surface area contributed by atoms with E-state index in [-0.39, 0.29) is 5.91 Å². The van der Waals surface area contributed by atoms with Crippen molar-refractivity contribution in [2.75, 3.05) is 39.8 Å². The van der Waals surface area contributed by atoms with Crippen molar-refractivity contribution in [1.82, 2.24) is 15.0 Å². The second-order valence-corrected chi connectivity index (χ2v) is 9.72. The lowest BCUT2D eigenvalue weighted by Gasteiger charge is -2.31. The lowest BCUT2D eigenvalue weighted by Crippen LogP contribution is -2.36. The van der Waals surface area contributed by atoms with E-state index in [0.717, 1.165) is 79.0 Å². The predicted octanol–water partition coefficient (Wildman–Crippen LogP) is 4.97. The van der Waals surface area contributed by atoms with Crippen molar-refractivity contribution < 1.29 is 14.1 Å². The molecular weight excluding hydrogens is 414 g/mol. The van der Waals surface area contributed by atoms with Crippen LogP contribution in [0, 0.1) is 6.92 Å². The summed E-state index contributed by atoms with van der Waals surface area (Å²) in [4.78, 5) is 16.8. The lowest BCUT2D eigenvalue weighted by atomic mass is 9.91. The maximum Gasteiger partial charge on any atom is 0.254 e. The van der Waals surface area contributed by atoms with Gasteiger partial charge in [-0.15, -0.1) is 0 Å². The molecule has 174 valence electrons. The van der Waals surface area contributed by atoms with E-state index in [2.05, 4.69) is 48.2 Å². The number of likely N-dealkylation sites (N-methyl/N-ethyl adjacent to an activating group) is 1. The van der Waals surface area contributed by atoms with Crippen LogP contribution in [0.15, 0.2) is 40.9 Å². The number of amides is 1. The number of aryl methyl sites for hydroxylation is 1. The summed E-state index contributed by atoms with van der Waals surface area (Å²) in [5.41, 5.74) is 5.13. The molecule has 0 radical (unpaired) electrons. The lowest BCUT2D eigenvalue weighted by molar-refractivity contribution is 0.0767. The second-order valence-electron chi connectivity index (χ2n) is 9.72. The molecule has 0 N–H and O–H groups in total. The van der Waals surface area contributed by atoms with Crippen LogP contribution in [0.5, 0.6) is 5.75 Å². The van der Waals surface area contributed by atoms with Gasteiger partial charge in [-0.05, 0) is 80.6 Å². The molecule has 1 aromatic heterocycles. The molecule has 0 aliphatic carbocycles. The number of nitrogens with zero attached hydrogens (tertiary/aromatic N) is 3. The molecule has 1 amide bonds. The molecular formula is C27H33N3O3. The van der Waals surface area contributed by atoms with Crippen LogP contribution < -0.4 is 4.74 Å². The largest absolute Gasteiger partial charge is 0.494 e. The van der Waals surface area contributed by atoms with Crippen LogP contribution >= 0.6 is 0 Å². The third-order valence-corrected chi connectivity index (χ3v) is 7.20. The molecule has 0 saturated carbocycles. The summed E-state index contributed by atoms with van der Waals surface area (Å²) in [5.74, 6) is 1.71. The predicted molar refractivity (Wildman–Crippen MR) is 129 cm³/mol. The molecule has 1 unspecified atom stereocenters. The number of carbonyl (C=O) groups excluding carboxylic acids is 1. The van der Waals surface area contributed by atoms with Crippen molar-refractivity contribution in [2.24, 2.45) is 0 Å². The summed E-state index contributed by atoms with van der Waals surface area (Å²) in [6.45, 7) is 8.84. The van der Waals surface area contributed by atoms with Gasteiger partial charge in [0.15, 0.2) is 5.58 Å². The third kappa shape index (κ3) is 4.49. The summed E-state index contributed by atoms with van der Waals surface area (Å²) in [6, 6.07) is 12.3. The number of piperidine rings is 1. The van der Waals surface area contributed by atoms with E-state index in [1.165, 1.54) is 5.56 Å². The van der Waals surface area contributed by atoms with Gasteiger partial charge < -0.3 is 19.1 Å². The average Bonchev–Trinajstić information content (AvgIpc) is 3.23. The second kappa shape index (κ2) is 9.18. The van der Waals surface area contributed by atoms with E-state index < -0.39 is 0 Å². The molecule has 0 bridgehead atoms. The Labute approximate surface area is 195 Å². The number of hydrogen-bond acceptors (Lipinski definition) is 5. The summed E-state index contributed by atoms with van der Waals surface area (Å²) in [7, 11) is 1.87. The fourth-order valence-electron chi connectivity index (χ4n) is 5.30. The molecule has 1 atom stereocenters. The van der Waals surface area contributed by atoms with Crippen molar-refractivity contribution in [2.45, 2.75) is 44.9 Å². The summed E-state index contributed by atoms with van der Waals surface area (Å²) < 4.78 is 11.6. The highest BCUT2D eigenvalue weighted by molar-refractivity contribution is 5.97. The van der Waals surface area contributed by atoms with Crippen LogP contribution in [0.25, 0.3) is 11.0 Å². The molecule has 1 fully saturated rings. The zero-order chi connectivity index (χ0) is 22.9. The Balaban J connectivity index is 1.10. The molecule has 2 aliphatic rings. The molecule has 2 aromatic carbocycles. The number of carbonyl (C=O) groups is 1. The van der Waals surface area contributed by atoms with Crippen molar-refractivity contribution >= 4 is 16.9 Å². The Hall–Kier alpha value is -2.86. The van der Waals surface area contributed by atoms with Gasteiger partial charge in [0.1, 0.15) is 5.75 Å². The standard InChI is InChI=1S/C27H33N3O3/c1-18-5-7-23-25(15-18)33-28-26(23)20-9-12-30(13-10-20)11-4-14-32-21-6-8-22-19(2)17-29(3)27(31)24(22)16-21/h5-8,15-16,19-20H,4,9-14,17H2,1-3H3. The Morgan fingerprint density at radius 1 is 1.15 bits per heavy atom. The van der Waals surface area contributed by atoms with E-state index in [4.69, 9.17) is 9.26 Å². The van der Waals surface area contributed by atoms with Gasteiger partial charge in [-0.25, -0.2) is 0 Å². The van der Waals surface area contributed by atoms with E-state index >= 15 is 0 Å². The highest BCUT2D eigenvalue weighted by Crippen LogP contribution is 2.33. The normalized spacial score (nSPS) is 19.8. The number of benzene rings is 2. The van der Waals surface area contributed by atoms with Crippen molar-refractivity contribution in [3.8, 4) is 5.75 Å². The number of likely N-dealkylation sites (tertiary alicyclic amines) is 1. The highest BCUT2D eigenvalue weighted by atomic mass is 16.5. The van der Waals surface area contributed by atoms with E-state index in [1.807, 2.05) is 19.2 Å². The third-order valence-electron chi connectivity index (χ3n) is 7.20. The Morgan fingerprint density at radius 3 is 2.79 bits per heavy atom. The fraction of sp³-hybridized carbons (Fsp3) is 0.481. The molecule has 0 spiro atoms. The monoisotopic (exact) mass is 447 g/mol. The zero-order valence-electron chi connectivity index (χ0n) is 19.8. The topological polar surface area (TPSA) is 58.8 Å². The van der Waals surface area contributed by atoms with Gasteiger partial charge >= 0.3 is 0 Å². The number of rotatable bonds is 6. The molecule has 3 aromatic rings. The summed E-state index contributed by atoms with van der Waals surface area (Å²) >= 11 is 0. The Morgan fingerprint density at radius 2 is 1.97 bits per heavy atom. The number of hydrogen-bond donors (Lipinski definition) is 0. The van der Waals surface area contributed by atoms with Gasteiger partial charge in [-0.2, -0.15) is 0 Å². The minimum atomic E-state index is 0.0893. The van der Waals surface area contributed by atoms with E-state index in [9.17, 15) is 4.79 Å². The molecule has 1 saturated heterocycles. The molecule has 6 heteroatoms. The molecule has 2 aliphatic heterocycles. The quantitative estimate of drug-likeness (QED) is 0.499. The van der Waals surface area contributed by atoms with E-state index in [0.29, 0.717) is 18.4 Å². The molecule has 33 heavy (non-hydrogen) atoms. The van der Waals surface area contributed by atoms with Gasteiger partial charge in [-0.1, -0.05) is 24.2 Å². The van der Waals surface area contributed by atoms with Crippen LogP contribution in [-0.2, 0) is 0 Å². The molecule has 6 nitrogen and oxygen atoms in total.